The fourth-order valence-electron chi connectivity index (χ4n) is 3.97. The van der Waals surface area contributed by atoms with Crippen LogP contribution in [0.15, 0.2) is 18.2 Å². The SMILES string of the molecule is CCCCCCCCCCCCCCCCNC(=O)c1ccc2c(c1)nnn2CC. The Morgan fingerprint density at radius 1 is 0.833 bits per heavy atom. The van der Waals surface area contributed by atoms with E-state index >= 15 is 0 Å². The Morgan fingerprint density at radius 3 is 1.97 bits per heavy atom. The lowest BCUT2D eigenvalue weighted by Crippen LogP contribution is -2.24. The molecule has 0 spiro atoms. The van der Waals surface area contributed by atoms with Crippen molar-refractivity contribution in [2.45, 2.75) is 110 Å². The van der Waals surface area contributed by atoms with Gasteiger partial charge >= 0.3 is 0 Å². The van der Waals surface area contributed by atoms with Gasteiger partial charge in [-0.05, 0) is 31.5 Å². The minimum absolute atomic E-state index is 0.0161. The summed E-state index contributed by atoms with van der Waals surface area (Å²) in [5.41, 5.74) is 2.41. The molecule has 0 saturated heterocycles. The van der Waals surface area contributed by atoms with Crippen LogP contribution in [0.4, 0.5) is 0 Å². The van der Waals surface area contributed by atoms with Gasteiger partial charge in [-0.1, -0.05) is 95.6 Å². The predicted octanol–water partition coefficient (Wildman–Crippen LogP) is 6.66. The zero-order chi connectivity index (χ0) is 21.4. The molecule has 0 saturated carbocycles. The Balaban J connectivity index is 1.44. The van der Waals surface area contributed by atoms with Gasteiger partial charge in [0, 0.05) is 18.7 Å². The molecule has 1 aromatic heterocycles. The monoisotopic (exact) mass is 414 g/mol. The molecule has 5 heteroatoms. The molecule has 1 heterocycles. The Bertz CT molecular complexity index is 725. The smallest absolute Gasteiger partial charge is 0.251 e. The van der Waals surface area contributed by atoms with Crippen molar-refractivity contribution in [3.05, 3.63) is 23.8 Å². The summed E-state index contributed by atoms with van der Waals surface area (Å²) in [4.78, 5) is 12.3. The van der Waals surface area contributed by atoms with E-state index in [9.17, 15) is 4.79 Å². The minimum atomic E-state index is -0.0161. The van der Waals surface area contributed by atoms with Gasteiger partial charge in [-0.2, -0.15) is 0 Å². The molecule has 0 aliphatic carbocycles. The van der Waals surface area contributed by atoms with Crippen LogP contribution < -0.4 is 5.32 Å². The molecule has 0 unspecified atom stereocenters. The van der Waals surface area contributed by atoms with Crippen molar-refractivity contribution in [1.82, 2.24) is 20.3 Å². The summed E-state index contributed by atoms with van der Waals surface area (Å²) >= 11 is 0. The third-order valence-corrected chi connectivity index (χ3v) is 5.89. The summed E-state index contributed by atoms with van der Waals surface area (Å²) in [6.45, 7) is 5.84. The fourth-order valence-corrected chi connectivity index (χ4v) is 3.97. The second-order valence-electron chi connectivity index (χ2n) is 8.46. The Morgan fingerprint density at radius 2 is 1.40 bits per heavy atom. The molecule has 0 radical (unpaired) electrons. The molecule has 1 amide bonds. The highest BCUT2D eigenvalue weighted by Gasteiger charge is 2.09. The van der Waals surface area contributed by atoms with E-state index in [-0.39, 0.29) is 5.91 Å². The van der Waals surface area contributed by atoms with Crippen LogP contribution in [0.5, 0.6) is 0 Å². The highest BCUT2D eigenvalue weighted by molar-refractivity contribution is 5.97. The average Bonchev–Trinajstić information content (AvgIpc) is 3.18. The lowest BCUT2D eigenvalue weighted by molar-refractivity contribution is 0.0953. The molecular formula is C25H42N4O. The van der Waals surface area contributed by atoms with Crippen LogP contribution in [0.25, 0.3) is 11.0 Å². The summed E-state index contributed by atoms with van der Waals surface area (Å²) < 4.78 is 1.84. The zero-order valence-corrected chi connectivity index (χ0v) is 19.3. The van der Waals surface area contributed by atoms with Gasteiger partial charge < -0.3 is 5.32 Å². The van der Waals surface area contributed by atoms with Gasteiger partial charge in [-0.15, -0.1) is 5.10 Å². The van der Waals surface area contributed by atoms with E-state index in [0.717, 1.165) is 30.5 Å². The highest BCUT2D eigenvalue weighted by atomic mass is 16.1. The van der Waals surface area contributed by atoms with Crippen molar-refractivity contribution in [3.8, 4) is 0 Å². The molecule has 2 aromatic rings. The average molecular weight is 415 g/mol. The third-order valence-electron chi connectivity index (χ3n) is 5.89. The van der Waals surface area contributed by atoms with E-state index in [2.05, 4.69) is 22.6 Å². The lowest BCUT2D eigenvalue weighted by atomic mass is 10.0. The standard InChI is InChI=1S/C25H42N4O/c1-3-5-6-7-8-9-10-11-12-13-14-15-16-17-20-26-25(30)22-18-19-24-23(21-22)27-28-29(24)4-2/h18-19,21H,3-17,20H2,1-2H3,(H,26,30). The summed E-state index contributed by atoms with van der Waals surface area (Å²) in [5.74, 6) is -0.0161. The van der Waals surface area contributed by atoms with Crippen LogP contribution in [-0.4, -0.2) is 27.4 Å². The summed E-state index contributed by atoms with van der Waals surface area (Å²) in [5, 5.41) is 11.3. The normalized spacial score (nSPS) is 11.3. The second-order valence-corrected chi connectivity index (χ2v) is 8.46. The Kier molecular flexibility index (Phi) is 12.2. The fraction of sp³-hybridized carbons (Fsp3) is 0.720. The number of aryl methyl sites for hydroxylation is 1. The van der Waals surface area contributed by atoms with Gasteiger partial charge in [0.2, 0.25) is 0 Å². The molecule has 1 N–H and O–H groups in total. The topological polar surface area (TPSA) is 59.8 Å². The minimum Gasteiger partial charge on any atom is -0.352 e. The van der Waals surface area contributed by atoms with E-state index in [4.69, 9.17) is 0 Å². The maximum atomic E-state index is 12.3. The first kappa shape index (κ1) is 24.4. The quantitative estimate of drug-likeness (QED) is 0.294. The number of benzene rings is 1. The number of nitrogens with one attached hydrogen (secondary N) is 1. The molecule has 0 aliphatic rings. The number of rotatable bonds is 17. The number of carbonyl (C=O) groups excluding carboxylic acids is 1. The molecule has 1 aromatic carbocycles. The molecule has 30 heavy (non-hydrogen) atoms. The van der Waals surface area contributed by atoms with Crippen LogP contribution in [0, 0.1) is 0 Å². The number of unbranched alkanes of at least 4 members (excludes halogenated alkanes) is 13. The lowest BCUT2D eigenvalue weighted by Gasteiger charge is -2.06. The first-order chi connectivity index (χ1) is 14.8. The largest absolute Gasteiger partial charge is 0.352 e. The van der Waals surface area contributed by atoms with E-state index < -0.39 is 0 Å². The van der Waals surface area contributed by atoms with Gasteiger partial charge in [-0.25, -0.2) is 4.68 Å². The second kappa shape index (κ2) is 15.0. The van der Waals surface area contributed by atoms with Crippen molar-refractivity contribution < 1.29 is 4.79 Å². The molecule has 0 bridgehead atoms. The van der Waals surface area contributed by atoms with E-state index in [0.29, 0.717) is 5.56 Å². The zero-order valence-electron chi connectivity index (χ0n) is 19.3. The van der Waals surface area contributed by atoms with Crippen LogP contribution >= 0.6 is 0 Å². The van der Waals surface area contributed by atoms with Crippen LogP contribution in [0.1, 0.15) is 114 Å². The van der Waals surface area contributed by atoms with Gasteiger partial charge in [0.15, 0.2) is 0 Å². The van der Waals surface area contributed by atoms with Crippen molar-refractivity contribution in [2.24, 2.45) is 0 Å². The van der Waals surface area contributed by atoms with Crippen molar-refractivity contribution >= 4 is 16.9 Å². The molecular weight excluding hydrogens is 372 g/mol. The van der Waals surface area contributed by atoms with Crippen molar-refractivity contribution in [1.29, 1.82) is 0 Å². The van der Waals surface area contributed by atoms with Crippen molar-refractivity contribution in [3.63, 3.8) is 0 Å². The van der Waals surface area contributed by atoms with Crippen LogP contribution in [-0.2, 0) is 6.54 Å². The van der Waals surface area contributed by atoms with Crippen LogP contribution in [0.3, 0.4) is 0 Å². The number of hydrogen-bond donors (Lipinski definition) is 1. The predicted molar refractivity (Wildman–Crippen MR) is 126 cm³/mol. The van der Waals surface area contributed by atoms with E-state index in [1.54, 1.807) is 0 Å². The third kappa shape index (κ3) is 8.85. The number of hydrogen-bond acceptors (Lipinski definition) is 3. The van der Waals surface area contributed by atoms with E-state index in [1.165, 1.54) is 83.5 Å². The van der Waals surface area contributed by atoms with E-state index in [1.807, 2.05) is 29.8 Å². The molecule has 5 nitrogen and oxygen atoms in total. The maximum Gasteiger partial charge on any atom is 0.251 e. The first-order valence-electron chi connectivity index (χ1n) is 12.4. The van der Waals surface area contributed by atoms with Gasteiger partial charge in [-0.3, -0.25) is 4.79 Å². The summed E-state index contributed by atoms with van der Waals surface area (Å²) in [6.07, 6.45) is 18.9. The first-order valence-corrected chi connectivity index (χ1v) is 12.4. The van der Waals surface area contributed by atoms with Gasteiger partial charge in [0.25, 0.3) is 5.91 Å². The molecule has 0 aliphatic heterocycles. The van der Waals surface area contributed by atoms with Crippen LogP contribution in [0.2, 0.25) is 0 Å². The highest BCUT2D eigenvalue weighted by Crippen LogP contribution is 2.14. The Hall–Kier alpha value is -1.91. The number of nitrogens with zero attached hydrogens (tertiary/aromatic N) is 3. The number of carbonyl (C=O) groups is 1. The molecule has 0 fully saturated rings. The number of amides is 1. The summed E-state index contributed by atoms with van der Waals surface area (Å²) in [7, 11) is 0. The molecule has 2 rings (SSSR count). The summed E-state index contributed by atoms with van der Waals surface area (Å²) in [6, 6.07) is 5.62. The maximum absolute atomic E-state index is 12.3. The van der Waals surface area contributed by atoms with Crippen molar-refractivity contribution in [2.75, 3.05) is 6.54 Å². The molecule has 168 valence electrons. The van der Waals surface area contributed by atoms with Gasteiger partial charge in [0.1, 0.15) is 5.52 Å². The van der Waals surface area contributed by atoms with Gasteiger partial charge in [0.05, 0.1) is 5.52 Å². The Labute approximate surface area is 183 Å². The number of fused-ring (bicyclic) bond motifs is 1. The molecule has 0 atom stereocenters. The number of aromatic nitrogens is 3.